The van der Waals surface area contributed by atoms with Crippen LogP contribution in [0.3, 0.4) is 0 Å². The van der Waals surface area contributed by atoms with Gasteiger partial charge in [0.05, 0.1) is 7.11 Å². The third kappa shape index (κ3) is 1630. The molecule has 8 N–H and O–H groups in total. The maximum Gasteiger partial charge on any atom is 0.278 e. The van der Waals surface area contributed by atoms with Gasteiger partial charge in [0.2, 0.25) is 11.8 Å². The molecular formula is C18H54B2Fm2N6O6+2. The number of carbonyl (C=O) groups excluding carboxylic acids is 4. The van der Waals surface area contributed by atoms with E-state index in [-0.39, 0.29) is 41.5 Å². The minimum atomic E-state index is -0.218. The first-order valence-corrected chi connectivity index (χ1v) is 7.00. The zero-order valence-electron chi connectivity index (χ0n) is 20.6. The predicted molar refractivity (Wildman–Crippen MR) is 147 cm³/mol. The Balaban J connectivity index is -0.0000000129. The molecule has 12 nitrogen and oxygen atoms in total. The third-order valence-corrected chi connectivity index (χ3v) is 0.765. The van der Waals surface area contributed by atoms with E-state index in [0.717, 1.165) is 12.6 Å². The van der Waals surface area contributed by atoms with Gasteiger partial charge in [-0.15, -0.1) is 5.16 Å². The monoisotopic (exact) mass is 991 g/mol. The summed E-state index contributed by atoms with van der Waals surface area (Å²) in [7, 11) is 10.4. The van der Waals surface area contributed by atoms with Gasteiger partial charge in [-0.25, -0.2) is 17.2 Å². The molecule has 0 aliphatic rings. The van der Waals surface area contributed by atoms with Crippen molar-refractivity contribution in [3.63, 3.8) is 0 Å². The molecule has 16 heteroatoms. The number of rotatable bonds is 2. The number of aldehydes is 2. The first kappa shape index (κ1) is 78.3. The minimum absolute atomic E-state index is 0. The van der Waals surface area contributed by atoms with E-state index in [1.807, 2.05) is 5.43 Å². The van der Waals surface area contributed by atoms with Crippen LogP contribution in [-0.2, 0) is 19.3 Å². The van der Waals surface area contributed by atoms with Crippen molar-refractivity contribution in [2.45, 2.75) is 71.2 Å². The molecule has 0 fully saturated rings. The van der Waals surface area contributed by atoms with Crippen molar-refractivity contribution in [1.82, 2.24) is 10.9 Å². The second-order valence-electron chi connectivity index (χ2n) is 3.05. The van der Waals surface area contributed by atoms with Crippen molar-refractivity contribution in [2.24, 2.45) is 22.0 Å². The number of hydrazone groups is 1. The molecule has 220 valence electrons. The first-order valence-electron chi connectivity index (χ1n) is 8.15. The number of nitrogens with two attached hydrogens (primary N) is 2. The number of hydrogen-bond donors (Lipinski definition) is 4. The quantitative estimate of drug-likeness (QED) is 0.0603. The van der Waals surface area contributed by atoms with Crippen molar-refractivity contribution in [1.29, 1.82) is 2.67 Å². The van der Waals surface area contributed by atoms with E-state index in [1.165, 1.54) is 34.3 Å². The van der Waals surface area contributed by atoms with Crippen molar-refractivity contribution in [3.05, 3.63) is 0 Å². The zero-order valence-corrected chi connectivity index (χ0v) is 23.4. The van der Waals surface area contributed by atoms with Crippen LogP contribution in [0.25, 0.3) is 0 Å². The summed E-state index contributed by atoms with van der Waals surface area (Å²) in [6.07, 6.45) is 5.10. The first-order chi connectivity index (χ1) is 14.2. The second-order valence-corrected chi connectivity index (χ2v) is 3.05. The van der Waals surface area contributed by atoms with Gasteiger partial charge in [0.1, 0.15) is 7.11 Å². The van der Waals surface area contributed by atoms with Crippen LogP contribution in [0.15, 0.2) is 10.3 Å². The predicted octanol–water partition coefficient (Wildman–Crippen LogP) is 0.879. The second kappa shape index (κ2) is 164. The summed E-state index contributed by atoms with van der Waals surface area (Å²) >= 11 is 0. The molecule has 0 aromatic carbocycles. The summed E-state index contributed by atoms with van der Waals surface area (Å²) in [5, 5.41) is 6.79. The standard InChI is InChI=1S/C4H8N2O.C3H7NO.C2H6N2O.2C2H4O.CH5NO.4CH4.2BH.2Fm/c1-3-5-6-4(2)7;1-3-4-5-2;1-2(5)4-3;2*1-2-3;1-3-2;;;;;;;;/h3H,1-2H3,(H,6,7);3H,1-2H3;3H2,1H3,(H,4,5);2*2H,1H3;2H2,1H3;4*1H4;2*1H;;/p+2/i;;;;;;;;;;2*1T;;. The Labute approximate surface area is 204 Å². The van der Waals surface area contributed by atoms with Crippen molar-refractivity contribution >= 4 is 53.6 Å². The normalized spacial score (nSPS) is 5.94. The van der Waals surface area contributed by atoms with Gasteiger partial charge in [-0.1, -0.05) is 29.7 Å². The summed E-state index contributed by atoms with van der Waals surface area (Å²) in [5.41, 5.74) is 4.11. The van der Waals surface area contributed by atoms with Gasteiger partial charge in [0.15, 0.2) is 0 Å². The van der Waals surface area contributed by atoms with Gasteiger partial charge in [-0.05, 0) is 16.5 Å². The third-order valence-electron chi connectivity index (χ3n) is 0.765. The van der Waals surface area contributed by atoms with Crippen LogP contribution in [0.2, 0.25) is 0 Å². The van der Waals surface area contributed by atoms with Crippen LogP contribution in [0, 0.1) is 0 Å². The molecule has 0 unspecified atom stereocenters. The fourth-order valence-corrected chi connectivity index (χ4v) is 0.261. The zero-order chi connectivity index (χ0) is 26.2. The molecule has 2 amide bonds. The van der Waals surface area contributed by atoms with Crippen LogP contribution in [0.1, 0.15) is 71.2 Å². The average molecular weight is 990 g/mol. The van der Waals surface area contributed by atoms with Gasteiger partial charge in [0, 0.05) is 56.9 Å². The molecule has 0 rings (SSSR count). The molecule has 0 spiro atoms. The Kier molecular flexibility index (Phi) is 377. The van der Waals surface area contributed by atoms with Gasteiger partial charge in [-0.3, -0.25) is 24.6 Å². The van der Waals surface area contributed by atoms with E-state index in [2.05, 4.69) is 53.9 Å². The maximum absolute atomic E-state index is 9.98. The molecule has 0 heterocycles. The van der Waals surface area contributed by atoms with Gasteiger partial charge >= 0.3 is 0 Å². The molecule has 4 radical (unpaired) electrons. The van der Waals surface area contributed by atoms with E-state index in [1.54, 1.807) is 33.9 Å². The van der Waals surface area contributed by atoms with Crippen molar-refractivity contribution in [3.8, 4) is 0 Å². The Morgan fingerprint density at radius 1 is 0.882 bits per heavy atom. The number of oxime groups is 1. The molecule has 0 aliphatic heterocycles. The molecule has 0 aromatic heterocycles. The van der Waals surface area contributed by atoms with Crippen molar-refractivity contribution in [2.75, 3.05) is 14.2 Å². The number of hydrogen-bond acceptors (Lipinski definition) is 8. The van der Waals surface area contributed by atoms with Crippen LogP contribution in [0.5, 0.6) is 0 Å². The van der Waals surface area contributed by atoms with E-state index in [9.17, 15) is 9.59 Å². The molecule has 34 heavy (non-hydrogen) atoms. The van der Waals surface area contributed by atoms with Crippen molar-refractivity contribution < 1.29 is 28.9 Å². The topological polar surface area (TPSA) is 196 Å². The average Bonchev–Trinajstić information content (AvgIpc) is 2.73. The Bertz CT molecular complexity index is 368. The van der Waals surface area contributed by atoms with E-state index in [4.69, 9.17) is 12.3 Å². The fraction of sp³-hybridized carbons (Fsp3) is 0.667. The summed E-state index contributed by atoms with van der Waals surface area (Å²) in [6, 6.07) is 0. The molecule has 0 bridgehead atoms. The molecule has 0 atom stereocenters. The molecule has 0 aromatic rings. The fourth-order valence-electron chi connectivity index (χ4n) is 0.261. The van der Waals surface area contributed by atoms with Crippen LogP contribution >= 0.6 is 0 Å². The summed E-state index contributed by atoms with van der Waals surface area (Å²) < 4.78 is 10.5. The number of nitrogens with one attached hydrogen (secondary N) is 2. The van der Waals surface area contributed by atoms with Crippen LogP contribution < -0.4 is 22.6 Å². The summed E-state index contributed by atoms with van der Waals surface area (Å²) in [5.74, 6) is 8.56. The minimum Gasteiger partial charge on any atom is -0.399 e. The number of nitrogens with zero attached hydrogens (tertiary/aromatic N) is 2. The summed E-state index contributed by atoms with van der Waals surface area (Å²) in [4.78, 5) is 42.5. The number of carbonyl (C=O) groups is 2. The van der Waals surface area contributed by atoms with E-state index in [0.29, 0.717) is 0 Å². The number of hydrazine groups is 1. The Morgan fingerprint density at radius 2 is 1.12 bits per heavy atom. The van der Waals surface area contributed by atoms with Gasteiger partial charge < -0.3 is 9.68 Å². The van der Waals surface area contributed by atoms with Crippen LogP contribution in [0.4, 0.5) is 0 Å². The summed E-state index contributed by atoms with van der Waals surface area (Å²) in [6.45, 7) is 9.40. The largest absolute Gasteiger partial charge is 0.399 e. The van der Waals surface area contributed by atoms with E-state index < -0.39 is 0 Å². The van der Waals surface area contributed by atoms with Crippen LogP contribution in [-0.4, -0.2) is 80.0 Å². The molecule has 0 saturated carbocycles. The molecule has 0 saturated heterocycles. The van der Waals surface area contributed by atoms with Gasteiger partial charge in [0.25, 0.3) is 12.6 Å². The molecule has 0 aliphatic carbocycles. The Morgan fingerprint density at radius 3 is 1.15 bits per heavy atom. The Hall–Kier alpha value is -4.57. The van der Waals surface area contributed by atoms with E-state index >= 15 is 0 Å². The number of amides is 2. The smallest absolute Gasteiger partial charge is 0.278 e. The van der Waals surface area contributed by atoms with Gasteiger partial charge in [-0.2, -0.15) is 5.10 Å². The SMILES string of the molecule is C.C.C.C.CC(=O)NN.CC=NNC(C)=O.CC=NOC.CC=[OH+].CC=[OH+].CON.[3H][B].[3H][B].[Fm].[Fm]. The maximum atomic E-state index is 9.98. The molecular weight excluding hydrogens is 932 g/mol.